The first-order valence-electron chi connectivity index (χ1n) is 12.3. The van der Waals surface area contributed by atoms with E-state index >= 15 is 0 Å². The quantitative estimate of drug-likeness (QED) is 0.437. The zero-order valence-corrected chi connectivity index (χ0v) is 23.1. The lowest BCUT2D eigenvalue weighted by Crippen LogP contribution is -2.48. The molecule has 0 saturated carbocycles. The van der Waals surface area contributed by atoms with Crippen LogP contribution < -0.4 is 0 Å². The van der Waals surface area contributed by atoms with E-state index in [1.807, 2.05) is 11.4 Å². The van der Waals surface area contributed by atoms with E-state index in [2.05, 4.69) is 66.1 Å². The highest BCUT2D eigenvalue weighted by molar-refractivity contribution is 5.85. The molecule has 7 nitrogen and oxygen atoms in total. The third kappa shape index (κ3) is 7.51. The van der Waals surface area contributed by atoms with E-state index in [1.165, 1.54) is 16.7 Å². The number of halogens is 2. The number of β-amino-alcohol motifs (C(OH)–C–C–N with tert-alkyl or cyclic N) is 1. The van der Waals surface area contributed by atoms with Crippen molar-refractivity contribution in [2.45, 2.75) is 39.7 Å². The van der Waals surface area contributed by atoms with Crippen LogP contribution in [0, 0.1) is 13.8 Å². The molecular weight excluding hydrogens is 497 g/mol. The SMILES string of the molecule is CCc1nn2c(C)cc(C)nc2c1Cc1ccc(/C=C/CN2CCN(C[C@@H](O)CO)CC2)cc1.Cl.Cl. The normalized spacial score (nSPS) is 15.7. The Morgan fingerprint density at radius 1 is 1.03 bits per heavy atom. The molecule has 198 valence electrons. The molecule has 0 bridgehead atoms. The predicted molar refractivity (Wildman–Crippen MR) is 151 cm³/mol. The summed E-state index contributed by atoms with van der Waals surface area (Å²) in [5.41, 5.74) is 7.94. The van der Waals surface area contributed by atoms with Crippen molar-refractivity contribution in [3.05, 3.63) is 70.2 Å². The lowest BCUT2D eigenvalue weighted by molar-refractivity contribution is 0.0414. The van der Waals surface area contributed by atoms with Crippen LogP contribution >= 0.6 is 24.8 Å². The van der Waals surface area contributed by atoms with Crippen molar-refractivity contribution in [1.82, 2.24) is 24.4 Å². The van der Waals surface area contributed by atoms with Gasteiger partial charge in [-0.3, -0.25) is 9.80 Å². The number of fused-ring (bicyclic) bond motifs is 1. The molecular formula is C27H39Cl2N5O2. The molecule has 3 aromatic rings. The summed E-state index contributed by atoms with van der Waals surface area (Å²) in [6.07, 6.45) is 5.51. The lowest BCUT2D eigenvalue weighted by Gasteiger charge is -2.34. The van der Waals surface area contributed by atoms with Gasteiger partial charge in [0.15, 0.2) is 5.65 Å². The fourth-order valence-electron chi connectivity index (χ4n) is 4.67. The Labute approximate surface area is 226 Å². The summed E-state index contributed by atoms with van der Waals surface area (Å²) >= 11 is 0. The Morgan fingerprint density at radius 3 is 2.33 bits per heavy atom. The van der Waals surface area contributed by atoms with Crippen LogP contribution in [0.15, 0.2) is 36.4 Å². The number of nitrogens with zero attached hydrogens (tertiary/aromatic N) is 5. The molecule has 1 saturated heterocycles. The summed E-state index contributed by atoms with van der Waals surface area (Å²) in [5.74, 6) is 0. The van der Waals surface area contributed by atoms with Gasteiger partial charge in [-0.15, -0.1) is 24.8 Å². The van der Waals surface area contributed by atoms with Crippen molar-refractivity contribution in [3.63, 3.8) is 0 Å². The number of piperazine rings is 1. The van der Waals surface area contributed by atoms with Gasteiger partial charge in [0.1, 0.15) is 0 Å². The number of aliphatic hydroxyl groups excluding tert-OH is 2. The van der Waals surface area contributed by atoms with Crippen LogP contribution in [0.25, 0.3) is 11.7 Å². The van der Waals surface area contributed by atoms with Gasteiger partial charge >= 0.3 is 0 Å². The number of hydrogen-bond donors (Lipinski definition) is 2. The molecule has 0 radical (unpaired) electrons. The van der Waals surface area contributed by atoms with Gasteiger partial charge in [0.2, 0.25) is 0 Å². The molecule has 1 atom stereocenters. The van der Waals surface area contributed by atoms with Crippen molar-refractivity contribution < 1.29 is 10.2 Å². The number of benzene rings is 1. The van der Waals surface area contributed by atoms with Crippen LogP contribution in [0.3, 0.4) is 0 Å². The number of aryl methyl sites for hydroxylation is 3. The molecule has 2 aromatic heterocycles. The molecule has 9 heteroatoms. The Hall–Kier alpha value is -2.00. The van der Waals surface area contributed by atoms with Crippen molar-refractivity contribution in [2.75, 3.05) is 45.9 Å². The van der Waals surface area contributed by atoms with Gasteiger partial charge in [-0.25, -0.2) is 9.50 Å². The van der Waals surface area contributed by atoms with Crippen LogP contribution in [0.1, 0.15) is 40.7 Å². The standard InChI is InChI=1S/C27H37N5O2.2ClH/c1-4-26-25(27-28-20(2)16-21(3)32(27)29-26)17-23-9-7-22(8-10-23)6-5-11-30-12-14-31(15-13-30)18-24(34)19-33;;/h5-10,16,24,33-34H,4,11-15,17-19H2,1-3H3;2*1H/b6-5+;;/t24-;;/m1../s1. The summed E-state index contributed by atoms with van der Waals surface area (Å²) in [6.45, 7) is 11.4. The molecule has 36 heavy (non-hydrogen) atoms. The largest absolute Gasteiger partial charge is 0.394 e. The highest BCUT2D eigenvalue weighted by Crippen LogP contribution is 2.21. The van der Waals surface area contributed by atoms with Crippen LogP contribution in [-0.4, -0.2) is 86.6 Å². The van der Waals surface area contributed by atoms with E-state index in [0.29, 0.717) is 6.54 Å². The molecule has 0 spiro atoms. The Kier molecular flexibility index (Phi) is 11.8. The lowest BCUT2D eigenvalue weighted by atomic mass is 10.0. The molecule has 3 heterocycles. The third-order valence-electron chi connectivity index (χ3n) is 6.59. The van der Waals surface area contributed by atoms with Crippen molar-refractivity contribution in [1.29, 1.82) is 0 Å². The van der Waals surface area contributed by atoms with E-state index in [9.17, 15) is 5.11 Å². The second-order valence-electron chi connectivity index (χ2n) is 9.31. The topological polar surface area (TPSA) is 77.1 Å². The minimum absolute atomic E-state index is 0. The average molecular weight is 537 g/mol. The summed E-state index contributed by atoms with van der Waals surface area (Å²) < 4.78 is 1.98. The highest BCUT2D eigenvalue weighted by atomic mass is 35.5. The first-order valence-corrected chi connectivity index (χ1v) is 12.3. The van der Waals surface area contributed by atoms with Crippen molar-refractivity contribution in [2.24, 2.45) is 0 Å². The van der Waals surface area contributed by atoms with Gasteiger partial charge in [-0.2, -0.15) is 5.10 Å². The first kappa shape index (κ1) is 30.2. The molecule has 1 aliphatic heterocycles. The predicted octanol–water partition coefficient (Wildman–Crippen LogP) is 3.33. The second kappa shape index (κ2) is 14.1. The van der Waals surface area contributed by atoms with E-state index in [0.717, 1.165) is 68.3 Å². The number of rotatable bonds is 9. The van der Waals surface area contributed by atoms with Gasteiger partial charge in [0.25, 0.3) is 0 Å². The monoisotopic (exact) mass is 535 g/mol. The van der Waals surface area contributed by atoms with Crippen molar-refractivity contribution >= 4 is 36.5 Å². The van der Waals surface area contributed by atoms with Crippen molar-refractivity contribution in [3.8, 4) is 0 Å². The van der Waals surface area contributed by atoms with E-state index in [4.69, 9.17) is 15.2 Å². The zero-order chi connectivity index (χ0) is 24.1. The fourth-order valence-corrected chi connectivity index (χ4v) is 4.67. The summed E-state index contributed by atoms with van der Waals surface area (Å²) in [5, 5.41) is 23.4. The van der Waals surface area contributed by atoms with Gasteiger partial charge in [-0.1, -0.05) is 43.3 Å². The Balaban J connectivity index is 0.00000228. The van der Waals surface area contributed by atoms with Crippen LogP contribution in [0.2, 0.25) is 0 Å². The summed E-state index contributed by atoms with van der Waals surface area (Å²) in [6, 6.07) is 10.8. The average Bonchev–Trinajstić information content (AvgIpc) is 3.19. The minimum Gasteiger partial charge on any atom is -0.394 e. The fraction of sp³-hybridized carbons (Fsp3) is 0.481. The second-order valence-corrected chi connectivity index (χ2v) is 9.31. The van der Waals surface area contributed by atoms with E-state index in [1.54, 1.807) is 0 Å². The third-order valence-corrected chi connectivity index (χ3v) is 6.59. The highest BCUT2D eigenvalue weighted by Gasteiger charge is 2.18. The molecule has 4 rings (SSSR count). The molecule has 1 fully saturated rings. The first-order chi connectivity index (χ1) is 16.5. The molecule has 0 aliphatic carbocycles. The number of aliphatic hydroxyl groups is 2. The molecule has 2 N–H and O–H groups in total. The number of aromatic nitrogens is 3. The smallest absolute Gasteiger partial charge is 0.159 e. The summed E-state index contributed by atoms with van der Waals surface area (Å²) in [7, 11) is 0. The van der Waals surface area contributed by atoms with Gasteiger partial charge in [0, 0.05) is 62.6 Å². The van der Waals surface area contributed by atoms with Crippen LogP contribution in [0.4, 0.5) is 0 Å². The van der Waals surface area contributed by atoms with Crippen LogP contribution in [-0.2, 0) is 12.8 Å². The van der Waals surface area contributed by atoms with E-state index < -0.39 is 6.10 Å². The minimum atomic E-state index is -0.639. The molecule has 0 unspecified atom stereocenters. The van der Waals surface area contributed by atoms with Gasteiger partial charge in [-0.05, 0) is 37.5 Å². The molecule has 1 aromatic carbocycles. The molecule has 0 amide bonds. The van der Waals surface area contributed by atoms with Crippen LogP contribution in [0.5, 0.6) is 0 Å². The zero-order valence-electron chi connectivity index (χ0n) is 21.4. The maximum Gasteiger partial charge on any atom is 0.159 e. The van der Waals surface area contributed by atoms with E-state index in [-0.39, 0.29) is 31.4 Å². The maximum atomic E-state index is 9.61. The Morgan fingerprint density at radius 2 is 1.69 bits per heavy atom. The van der Waals surface area contributed by atoms with Gasteiger partial charge in [0.05, 0.1) is 18.4 Å². The van der Waals surface area contributed by atoms with Gasteiger partial charge < -0.3 is 10.2 Å². The summed E-state index contributed by atoms with van der Waals surface area (Å²) in [4.78, 5) is 9.42. The maximum absolute atomic E-state index is 9.61. The molecule has 1 aliphatic rings. The number of hydrogen-bond acceptors (Lipinski definition) is 6. The Bertz CT molecular complexity index is 1130.